The van der Waals surface area contributed by atoms with Gasteiger partial charge in [-0.25, -0.2) is 0 Å². The summed E-state index contributed by atoms with van der Waals surface area (Å²) in [7, 11) is 1.42. The van der Waals surface area contributed by atoms with Crippen molar-refractivity contribution in [3.8, 4) is 0 Å². The minimum atomic E-state index is -4.27. The van der Waals surface area contributed by atoms with Crippen molar-refractivity contribution in [3.05, 3.63) is 33.9 Å². The molecule has 1 aromatic rings. The molecule has 0 saturated carbocycles. The van der Waals surface area contributed by atoms with Crippen molar-refractivity contribution in [3.63, 3.8) is 0 Å². The minimum absolute atomic E-state index is 0.0127. The van der Waals surface area contributed by atoms with Gasteiger partial charge in [0.05, 0.1) is 10.5 Å². The van der Waals surface area contributed by atoms with Gasteiger partial charge >= 0.3 is 6.18 Å². The number of rotatable bonds is 6. The maximum Gasteiger partial charge on any atom is 0.389 e. The number of benzene rings is 1. The SMILES string of the molecule is CNc1c(C(=O)NCCCC(F)(F)F)cccc1[N+](=O)[O-]. The summed E-state index contributed by atoms with van der Waals surface area (Å²) in [6, 6.07) is 3.92. The number of anilines is 1. The summed E-state index contributed by atoms with van der Waals surface area (Å²) in [5.41, 5.74) is -0.241. The molecule has 1 amide bonds. The summed E-state index contributed by atoms with van der Waals surface area (Å²) in [5, 5.41) is 15.7. The van der Waals surface area contributed by atoms with Gasteiger partial charge in [0.1, 0.15) is 5.69 Å². The molecule has 6 nitrogen and oxygen atoms in total. The van der Waals surface area contributed by atoms with Crippen LogP contribution in [0.1, 0.15) is 23.2 Å². The lowest BCUT2D eigenvalue weighted by Gasteiger charge is -2.10. The van der Waals surface area contributed by atoms with Gasteiger partial charge in [-0.2, -0.15) is 13.2 Å². The average Bonchev–Trinajstić information content (AvgIpc) is 2.41. The van der Waals surface area contributed by atoms with Crippen LogP contribution in [0.15, 0.2) is 18.2 Å². The number of alkyl halides is 3. The first-order chi connectivity index (χ1) is 9.76. The fourth-order valence-electron chi connectivity index (χ4n) is 1.73. The first-order valence-electron chi connectivity index (χ1n) is 6.06. The van der Waals surface area contributed by atoms with Crippen molar-refractivity contribution in [2.45, 2.75) is 19.0 Å². The second-order valence-corrected chi connectivity index (χ2v) is 4.18. The van der Waals surface area contributed by atoms with Crippen LogP contribution in [-0.2, 0) is 0 Å². The van der Waals surface area contributed by atoms with Crippen LogP contribution in [0, 0.1) is 10.1 Å². The van der Waals surface area contributed by atoms with Gasteiger partial charge < -0.3 is 10.6 Å². The molecule has 0 aromatic heterocycles. The molecule has 0 heterocycles. The van der Waals surface area contributed by atoms with E-state index in [0.29, 0.717) is 0 Å². The Hall–Kier alpha value is -2.32. The number of hydrogen-bond acceptors (Lipinski definition) is 4. The standard InChI is InChI=1S/C12H14F3N3O3/c1-16-10-8(4-2-5-9(10)18(20)21)11(19)17-7-3-6-12(13,14)15/h2,4-5,16H,3,6-7H2,1H3,(H,17,19). The van der Waals surface area contributed by atoms with Crippen LogP contribution in [0.5, 0.6) is 0 Å². The Bertz CT molecular complexity index is 532. The molecule has 0 radical (unpaired) electrons. The molecule has 0 spiro atoms. The number of amides is 1. The second-order valence-electron chi connectivity index (χ2n) is 4.18. The minimum Gasteiger partial charge on any atom is -0.382 e. The molecule has 0 aliphatic carbocycles. The lowest BCUT2D eigenvalue weighted by atomic mass is 10.1. The van der Waals surface area contributed by atoms with E-state index in [1.807, 2.05) is 0 Å². The van der Waals surface area contributed by atoms with E-state index in [2.05, 4.69) is 10.6 Å². The summed E-state index contributed by atoms with van der Waals surface area (Å²) in [6.45, 7) is -0.163. The van der Waals surface area contributed by atoms with Crippen molar-refractivity contribution in [2.24, 2.45) is 0 Å². The Morgan fingerprint density at radius 1 is 1.38 bits per heavy atom. The fourth-order valence-corrected chi connectivity index (χ4v) is 1.73. The molecule has 2 N–H and O–H groups in total. The Morgan fingerprint density at radius 2 is 2.05 bits per heavy atom. The molecule has 0 fully saturated rings. The zero-order valence-electron chi connectivity index (χ0n) is 11.2. The zero-order valence-corrected chi connectivity index (χ0v) is 11.2. The maximum atomic E-state index is 12.0. The Kier molecular flexibility index (Phi) is 5.51. The summed E-state index contributed by atoms with van der Waals surface area (Å²) < 4.78 is 35.9. The molecule has 21 heavy (non-hydrogen) atoms. The lowest BCUT2D eigenvalue weighted by molar-refractivity contribution is -0.384. The molecule has 0 unspecified atom stereocenters. The van der Waals surface area contributed by atoms with E-state index in [1.165, 1.54) is 25.2 Å². The van der Waals surface area contributed by atoms with E-state index in [0.717, 1.165) is 0 Å². The van der Waals surface area contributed by atoms with Gasteiger partial charge in [0.25, 0.3) is 11.6 Å². The van der Waals surface area contributed by atoms with Crippen molar-refractivity contribution >= 4 is 17.3 Å². The number of carbonyl (C=O) groups excluding carboxylic acids is 1. The number of nitrogens with one attached hydrogen (secondary N) is 2. The molecular formula is C12H14F3N3O3. The van der Waals surface area contributed by atoms with Gasteiger partial charge in [-0.3, -0.25) is 14.9 Å². The van der Waals surface area contributed by atoms with Crippen molar-refractivity contribution in [1.29, 1.82) is 0 Å². The molecule has 0 aliphatic rings. The Balaban J connectivity index is 2.74. The first kappa shape index (κ1) is 16.7. The number of para-hydroxylation sites is 1. The summed E-state index contributed by atoms with van der Waals surface area (Å²) in [4.78, 5) is 22.1. The highest BCUT2D eigenvalue weighted by Crippen LogP contribution is 2.27. The highest BCUT2D eigenvalue weighted by molar-refractivity contribution is 6.01. The summed E-state index contributed by atoms with van der Waals surface area (Å²) in [5.74, 6) is -0.662. The highest BCUT2D eigenvalue weighted by Gasteiger charge is 2.26. The predicted octanol–water partition coefficient (Wildman–Crippen LogP) is 2.71. The first-order valence-corrected chi connectivity index (χ1v) is 6.06. The Labute approximate surface area is 118 Å². The van der Waals surface area contributed by atoms with Crippen LogP contribution in [0.2, 0.25) is 0 Å². The number of nitrogens with zero attached hydrogens (tertiary/aromatic N) is 1. The van der Waals surface area contributed by atoms with Crippen molar-refractivity contribution < 1.29 is 22.9 Å². The normalized spacial score (nSPS) is 11.0. The van der Waals surface area contributed by atoms with E-state index >= 15 is 0 Å². The van der Waals surface area contributed by atoms with Gasteiger partial charge in [0.15, 0.2) is 0 Å². The molecule has 116 valence electrons. The third-order valence-corrected chi connectivity index (χ3v) is 2.66. The molecule has 0 atom stereocenters. The molecular weight excluding hydrogens is 291 g/mol. The van der Waals surface area contributed by atoms with Crippen LogP contribution in [0.4, 0.5) is 24.5 Å². The topological polar surface area (TPSA) is 84.3 Å². The fraction of sp³-hybridized carbons (Fsp3) is 0.417. The summed E-state index contributed by atoms with van der Waals surface area (Å²) >= 11 is 0. The number of halogens is 3. The highest BCUT2D eigenvalue weighted by atomic mass is 19.4. The largest absolute Gasteiger partial charge is 0.389 e. The van der Waals surface area contributed by atoms with Crippen LogP contribution < -0.4 is 10.6 Å². The van der Waals surface area contributed by atoms with Gasteiger partial charge in [-0.05, 0) is 12.5 Å². The van der Waals surface area contributed by atoms with Crippen LogP contribution in [0.25, 0.3) is 0 Å². The van der Waals surface area contributed by atoms with Crippen molar-refractivity contribution in [2.75, 3.05) is 18.9 Å². The molecule has 1 aromatic carbocycles. The van der Waals surface area contributed by atoms with Crippen LogP contribution >= 0.6 is 0 Å². The number of hydrogen-bond donors (Lipinski definition) is 2. The third-order valence-electron chi connectivity index (χ3n) is 2.66. The average molecular weight is 305 g/mol. The summed E-state index contributed by atoms with van der Waals surface area (Å²) in [6.07, 6.45) is -5.52. The van der Waals surface area contributed by atoms with Crippen LogP contribution in [-0.4, -0.2) is 30.6 Å². The van der Waals surface area contributed by atoms with E-state index < -0.39 is 23.4 Å². The van der Waals surface area contributed by atoms with Gasteiger partial charge in [0.2, 0.25) is 0 Å². The predicted molar refractivity (Wildman–Crippen MR) is 70.3 cm³/mol. The van der Waals surface area contributed by atoms with Gasteiger partial charge in [-0.1, -0.05) is 6.07 Å². The van der Waals surface area contributed by atoms with Gasteiger partial charge in [0, 0.05) is 26.1 Å². The molecule has 0 saturated heterocycles. The number of nitro benzene ring substituents is 1. The lowest BCUT2D eigenvalue weighted by Crippen LogP contribution is -2.26. The third kappa shape index (κ3) is 4.93. The van der Waals surface area contributed by atoms with E-state index in [-0.39, 0.29) is 29.9 Å². The van der Waals surface area contributed by atoms with E-state index in [9.17, 15) is 28.1 Å². The molecule has 9 heteroatoms. The zero-order chi connectivity index (χ0) is 16.0. The van der Waals surface area contributed by atoms with Gasteiger partial charge in [-0.15, -0.1) is 0 Å². The van der Waals surface area contributed by atoms with Crippen LogP contribution in [0.3, 0.4) is 0 Å². The number of carbonyl (C=O) groups is 1. The maximum absolute atomic E-state index is 12.0. The quantitative estimate of drug-likeness (QED) is 0.481. The molecule has 0 aliphatic heterocycles. The molecule has 0 bridgehead atoms. The molecule has 1 rings (SSSR count). The monoisotopic (exact) mass is 305 g/mol. The second kappa shape index (κ2) is 6.91. The van der Waals surface area contributed by atoms with Crippen molar-refractivity contribution in [1.82, 2.24) is 5.32 Å². The number of nitro groups is 1. The smallest absolute Gasteiger partial charge is 0.382 e. The van der Waals surface area contributed by atoms with E-state index in [4.69, 9.17) is 0 Å². The Morgan fingerprint density at radius 3 is 2.57 bits per heavy atom. The van der Waals surface area contributed by atoms with E-state index in [1.54, 1.807) is 0 Å².